The van der Waals surface area contributed by atoms with Crippen LogP contribution in [0.3, 0.4) is 0 Å². The van der Waals surface area contributed by atoms with E-state index in [0.29, 0.717) is 5.25 Å². The van der Waals surface area contributed by atoms with Gasteiger partial charge in [-0.2, -0.15) is 11.8 Å². The van der Waals surface area contributed by atoms with Crippen molar-refractivity contribution >= 4 is 23.8 Å². The third-order valence-electron chi connectivity index (χ3n) is 3.08. The number of nitrogens with one attached hydrogen (secondary N) is 2. The van der Waals surface area contributed by atoms with Crippen LogP contribution in [-0.2, 0) is 4.79 Å². The summed E-state index contributed by atoms with van der Waals surface area (Å²) in [5.74, 6) is -1.24. The highest BCUT2D eigenvalue weighted by Gasteiger charge is 2.24. The van der Waals surface area contributed by atoms with Gasteiger partial charge in [0.25, 0.3) is 0 Å². The van der Waals surface area contributed by atoms with Gasteiger partial charge in [0.2, 0.25) is 0 Å². The van der Waals surface area contributed by atoms with Crippen molar-refractivity contribution in [3.8, 4) is 0 Å². The molecule has 0 radical (unpaired) electrons. The van der Waals surface area contributed by atoms with Gasteiger partial charge in [0.05, 0.1) is 6.61 Å². The number of thioether (sulfide) groups is 1. The Morgan fingerprint density at radius 2 is 2.17 bits per heavy atom. The molecule has 3 atom stereocenters. The van der Waals surface area contributed by atoms with Gasteiger partial charge in [-0.25, -0.2) is 9.59 Å². The molecule has 104 valence electrons. The highest BCUT2D eigenvalue weighted by molar-refractivity contribution is 7.99. The summed E-state index contributed by atoms with van der Waals surface area (Å²) < 4.78 is 0. The van der Waals surface area contributed by atoms with Crippen molar-refractivity contribution in [2.24, 2.45) is 0 Å². The van der Waals surface area contributed by atoms with Crippen molar-refractivity contribution < 1.29 is 19.8 Å². The summed E-state index contributed by atoms with van der Waals surface area (Å²) >= 11 is 1.79. The second-order valence-electron chi connectivity index (χ2n) is 4.41. The topological polar surface area (TPSA) is 98.7 Å². The second kappa shape index (κ2) is 7.48. The van der Waals surface area contributed by atoms with E-state index in [1.54, 1.807) is 11.8 Å². The maximum atomic E-state index is 11.6. The van der Waals surface area contributed by atoms with Gasteiger partial charge in [0.1, 0.15) is 0 Å². The van der Waals surface area contributed by atoms with Crippen LogP contribution in [0.25, 0.3) is 0 Å². The number of aliphatic carboxylic acids is 1. The summed E-state index contributed by atoms with van der Waals surface area (Å²) in [5, 5.41) is 23.1. The molecule has 0 aliphatic heterocycles. The number of carboxylic acids is 1. The smallest absolute Gasteiger partial charge is 0.328 e. The number of hydrogen-bond donors (Lipinski definition) is 4. The molecular formula is C11H20N2O4S. The molecule has 1 rings (SSSR count). The third kappa shape index (κ3) is 4.73. The monoisotopic (exact) mass is 276 g/mol. The first kappa shape index (κ1) is 15.1. The molecule has 18 heavy (non-hydrogen) atoms. The maximum absolute atomic E-state index is 11.6. The lowest BCUT2D eigenvalue weighted by Crippen LogP contribution is -2.51. The Labute approximate surface area is 111 Å². The lowest BCUT2D eigenvalue weighted by molar-refractivity contribution is -0.140. The minimum absolute atomic E-state index is 0.0873. The highest BCUT2D eigenvalue weighted by atomic mass is 32.2. The lowest BCUT2D eigenvalue weighted by atomic mass is 9.95. The summed E-state index contributed by atoms with van der Waals surface area (Å²) in [5.41, 5.74) is 0. The molecule has 2 unspecified atom stereocenters. The van der Waals surface area contributed by atoms with Crippen LogP contribution in [0, 0.1) is 0 Å². The largest absolute Gasteiger partial charge is 0.480 e. The van der Waals surface area contributed by atoms with Crippen LogP contribution in [0.4, 0.5) is 4.79 Å². The van der Waals surface area contributed by atoms with Gasteiger partial charge in [-0.3, -0.25) is 0 Å². The van der Waals surface area contributed by atoms with Gasteiger partial charge in [0.15, 0.2) is 6.04 Å². The summed E-state index contributed by atoms with van der Waals surface area (Å²) in [7, 11) is 0. The molecular weight excluding hydrogens is 256 g/mol. The molecule has 0 aromatic carbocycles. The molecule has 1 aliphatic rings. The van der Waals surface area contributed by atoms with E-state index in [0.717, 1.165) is 25.7 Å². The summed E-state index contributed by atoms with van der Waals surface area (Å²) in [4.78, 5) is 22.2. The minimum atomic E-state index is -1.25. The Bertz CT molecular complexity index is 301. The molecule has 7 heteroatoms. The number of aliphatic hydroxyl groups excluding tert-OH is 1. The quantitative estimate of drug-likeness (QED) is 0.583. The number of carbonyl (C=O) groups is 2. The summed E-state index contributed by atoms with van der Waals surface area (Å²) in [6.45, 7) is -0.610. The normalized spacial score (nSPS) is 25.2. The van der Waals surface area contributed by atoms with Crippen LogP contribution < -0.4 is 10.6 Å². The number of urea groups is 1. The molecule has 0 bridgehead atoms. The number of aliphatic hydroxyl groups is 1. The third-order valence-corrected chi connectivity index (χ3v) is 4.18. The Balaban J connectivity index is 2.37. The fraction of sp³-hybridized carbons (Fsp3) is 0.818. The summed E-state index contributed by atoms with van der Waals surface area (Å²) in [6.07, 6.45) is 6.11. The SMILES string of the molecule is CSC1CCCC(NC(=O)N[C@@H](CO)C(=O)O)C1. The van der Waals surface area contributed by atoms with E-state index >= 15 is 0 Å². The maximum Gasteiger partial charge on any atom is 0.328 e. The Morgan fingerprint density at radius 3 is 2.72 bits per heavy atom. The molecule has 0 spiro atoms. The first-order chi connectivity index (χ1) is 8.56. The fourth-order valence-corrected chi connectivity index (χ4v) is 2.89. The number of carbonyl (C=O) groups excluding carboxylic acids is 1. The van der Waals surface area contributed by atoms with E-state index in [1.165, 1.54) is 0 Å². The van der Waals surface area contributed by atoms with Crippen LogP contribution >= 0.6 is 11.8 Å². The minimum Gasteiger partial charge on any atom is -0.480 e. The molecule has 0 aromatic rings. The second-order valence-corrected chi connectivity index (χ2v) is 5.55. The van der Waals surface area contributed by atoms with Gasteiger partial charge >= 0.3 is 12.0 Å². The van der Waals surface area contributed by atoms with Gasteiger partial charge in [-0.1, -0.05) is 6.42 Å². The molecule has 1 aliphatic carbocycles. The first-order valence-corrected chi connectivity index (χ1v) is 7.29. The van der Waals surface area contributed by atoms with Gasteiger partial charge in [0, 0.05) is 11.3 Å². The average Bonchev–Trinajstić information content (AvgIpc) is 2.35. The number of carboxylic acid groups (broad SMARTS) is 1. The van der Waals surface area contributed by atoms with Crippen molar-refractivity contribution in [3.05, 3.63) is 0 Å². The Morgan fingerprint density at radius 1 is 1.44 bits per heavy atom. The van der Waals surface area contributed by atoms with E-state index in [9.17, 15) is 9.59 Å². The van der Waals surface area contributed by atoms with Crippen LogP contribution in [0.15, 0.2) is 0 Å². The zero-order chi connectivity index (χ0) is 13.5. The molecule has 1 saturated carbocycles. The van der Waals surface area contributed by atoms with Crippen LogP contribution in [-0.4, -0.2) is 52.4 Å². The van der Waals surface area contributed by atoms with E-state index in [-0.39, 0.29) is 6.04 Å². The zero-order valence-corrected chi connectivity index (χ0v) is 11.2. The molecule has 2 amide bonds. The van der Waals surface area contributed by atoms with Crippen molar-refractivity contribution in [3.63, 3.8) is 0 Å². The molecule has 6 nitrogen and oxygen atoms in total. The molecule has 1 fully saturated rings. The van der Waals surface area contributed by atoms with E-state index in [2.05, 4.69) is 16.9 Å². The van der Waals surface area contributed by atoms with Crippen molar-refractivity contribution in [1.29, 1.82) is 0 Å². The molecule has 0 saturated heterocycles. The number of hydrogen-bond acceptors (Lipinski definition) is 4. The summed E-state index contributed by atoms with van der Waals surface area (Å²) in [6, 6.07) is -1.68. The molecule has 0 heterocycles. The van der Waals surface area contributed by atoms with E-state index in [4.69, 9.17) is 10.2 Å². The fourth-order valence-electron chi connectivity index (χ4n) is 2.06. The zero-order valence-electron chi connectivity index (χ0n) is 10.4. The van der Waals surface area contributed by atoms with Crippen LogP contribution in [0.2, 0.25) is 0 Å². The van der Waals surface area contributed by atoms with Gasteiger partial charge < -0.3 is 20.8 Å². The number of amides is 2. The van der Waals surface area contributed by atoms with Crippen molar-refractivity contribution in [2.75, 3.05) is 12.9 Å². The Kier molecular flexibility index (Phi) is 6.28. The van der Waals surface area contributed by atoms with Gasteiger partial charge in [-0.05, 0) is 25.5 Å². The van der Waals surface area contributed by atoms with E-state index < -0.39 is 24.6 Å². The molecule has 0 aromatic heterocycles. The standard InChI is InChI=1S/C11H20N2O4S/c1-18-8-4-2-3-7(5-8)12-11(17)13-9(6-14)10(15)16/h7-9,14H,2-6H2,1H3,(H,15,16)(H2,12,13,17)/t7?,8?,9-/m0/s1. The van der Waals surface area contributed by atoms with E-state index in [1.807, 2.05) is 0 Å². The van der Waals surface area contributed by atoms with Crippen LogP contribution in [0.5, 0.6) is 0 Å². The number of rotatable bonds is 5. The lowest BCUT2D eigenvalue weighted by Gasteiger charge is -2.29. The highest BCUT2D eigenvalue weighted by Crippen LogP contribution is 2.26. The van der Waals surface area contributed by atoms with Crippen molar-refractivity contribution in [1.82, 2.24) is 10.6 Å². The molecule has 4 N–H and O–H groups in total. The first-order valence-electron chi connectivity index (χ1n) is 6.00. The Hall–Kier alpha value is -0.950. The van der Waals surface area contributed by atoms with Crippen LogP contribution in [0.1, 0.15) is 25.7 Å². The average molecular weight is 276 g/mol. The predicted molar refractivity (Wildman–Crippen MR) is 69.7 cm³/mol. The predicted octanol–water partition coefficient (Wildman–Crippen LogP) is 0.405. The van der Waals surface area contributed by atoms with Crippen molar-refractivity contribution in [2.45, 2.75) is 43.0 Å². The van der Waals surface area contributed by atoms with Gasteiger partial charge in [-0.15, -0.1) is 0 Å².